The van der Waals surface area contributed by atoms with Gasteiger partial charge in [0.25, 0.3) is 0 Å². The topological polar surface area (TPSA) is 33.1 Å². The van der Waals surface area contributed by atoms with E-state index in [0.717, 1.165) is 33.6 Å². The Balaban J connectivity index is 2.05. The highest BCUT2D eigenvalue weighted by atomic mass is 32.1. The van der Waals surface area contributed by atoms with Gasteiger partial charge in [-0.25, -0.2) is 4.98 Å². The van der Waals surface area contributed by atoms with E-state index < -0.39 is 0 Å². The van der Waals surface area contributed by atoms with E-state index >= 15 is 0 Å². The van der Waals surface area contributed by atoms with Crippen molar-refractivity contribution in [3.8, 4) is 16.3 Å². The molecule has 0 unspecified atom stereocenters. The van der Waals surface area contributed by atoms with Crippen molar-refractivity contribution in [3.05, 3.63) is 48.0 Å². The summed E-state index contributed by atoms with van der Waals surface area (Å²) in [5.41, 5.74) is 2.98. The fraction of sp³-hybridized carbons (Fsp3) is 0.188. The summed E-state index contributed by atoms with van der Waals surface area (Å²) in [6.07, 6.45) is 2.08. The third-order valence-electron chi connectivity index (χ3n) is 3.13. The molecule has 2 nitrogen and oxygen atoms in total. The molecule has 0 aliphatic rings. The summed E-state index contributed by atoms with van der Waals surface area (Å²) in [5.74, 6) is 0.324. The summed E-state index contributed by atoms with van der Waals surface area (Å²) in [4.78, 5) is 4.58. The molecule has 0 saturated carbocycles. The molecule has 0 bridgehead atoms. The predicted molar refractivity (Wildman–Crippen MR) is 80.7 cm³/mol. The van der Waals surface area contributed by atoms with Crippen LogP contribution in [0.4, 0.5) is 0 Å². The molecular weight excluding hydrogens is 254 g/mol. The Hall–Kier alpha value is -1.87. The van der Waals surface area contributed by atoms with Crippen LogP contribution in [0.25, 0.3) is 20.8 Å². The molecule has 3 rings (SSSR count). The zero-order chi connectivity index (χ0) is 13.2. The lowest BCUT2D eigenvalue weighted by Gasteiger charge is -2.04. The molecule has 0 radical (unpaired) electrons. The average molecular weight is 269 g/mol. The highest BCUT2D eigenvalue weighted by Gasteiger charge is 2.10. The Bertz CT molecular complexity index is 685. The van der Waals surface area contributed by atoms with Crippen molar-refractivity contribution in [2.75, 3.05) is 0 Å². The Labute approximate surface area is 116 Å². The molecule has 1 aromatic heterocycles. The van der Waals surface area contributed by atoms with Gasteiger partial charge >= 0.3 is 0 Å². The smallest absolute Gasteiger partial charge is 0.128 e. The van der Waals surface area contributed by atoms with Crippen LogP contribution in [0.5, 0.6) is 5.75 Å². The first-order chi connectivity index (χ1) is 9.28. The maximum atomic E-state index is 10.2. The zero-order valence-corrected chi connectivity index (χ0v) is 11.6. The standard InChI is InChI=1S/C16H15NOS/c1-2-5-11-8-9-12(14(18)10-11)16-17-13-6-3-4-7-15(13)19-16/h3-4,6-10,18H,2,5H2,1H3. The fourth-order valence-electron chi connectivity index (χ4n) is 2.19. The van der Waals surface area contributed by atoms with E-state index in [1.807, 2.05) is 30.3 Å². The van der Waals surface area contributed by atoms with Gasteiger partial charge in [0.1, 0.15) is 10.8 Å². The molecule has 1 N–H and O–H groups in total. The summed E-state index contributed by atoms with van der Waals surface area (Å²) >= 11 is 1.61. The molecule has 1 heterocycles. The molecule has 0 saturated heterocycles. The van der Waals surface area contributed by atoms with Gasteiger partial charge in [-0.1, -0.05) is 31.5 Å². The van der Waals surface area contributed by atoms with Crippen molar-refractivity contribution in [1.29, 1.82) is 0 Å². The quantitative estimate of drug-likeness (QED) is 0.752. The number of rotatable bonds is 3. The van der Waals surface area contributed by atoms with Crippen LogP contribution in [-0.2, 0) is 6.42 Å². The van der Waals surface area contributed by atoms with Crippen LogP contribution in [0, 0.1) is 0 Å². The summed E-state index contributed by atoms with van der Waals surface area (Å²) < 4.78 is 1.15. The van der Waals surface area contributed by atoms with Crippen LogP contribution >= 0.6 is 11.3 Å². The Morgan fingerprint density at radius 2 is 2.00 bits per heavy atom. The Morgan fingerprint density at radius 3 is 2.74 bits per heavy atom. The second-order valence-electron chi connectivity index (χ2n) is 4.59. The molecule has 0 amide bonds. The molecule has 0 aliphatic carbocycles. The molecule has 0 aliphatic heterocycles. The molecule has 3 heteroatoms. The number of fused-ring (bicyclic) bond motifs is 1. The number of nitrogens with zero attached hydrogens (tertiary/aromatic N) is 1. The van der Waals surface area contributed by atoms with Gasteiger partial charge in [-0.05, 0) is 36.2 Å². The van der Waals surface area contributed by atoms with Gasteiger partial charge in [0, 0.05) is 0 Å². The molecule has 96 valence electrons. The highest BCUT2D eigenvalue weighted by molar-refractivity contribution is 7.21. The average Bonchev–Trinajstić information content (AvgIpc) is 2.82. The van der Waals surface area contributed by atoms with Gasteiger partial charge in [-0.15, -0.1) is 11.3 Å². The number of aromatic hydroxyl groups is 1. The van der Waals surface area contributed by atoms with E-state index in [-0.39, 0.29) is 0 Å². The number of phenols is 1. The number of para-hydroxylation sites is 1. The van der Waals surface area contributed by atoms with Gasteiger partial charge in [-0.3, -0.25) is 0 Å². The summed E-state index contributed by atoms with van der Waals surface area (Å²) in [6.45, 7) is 2.14. The van der Waals surface area contributed by atoms with Crippen LogP contribution in [-0.4, -0.2) is 10.1 Å². The first kappa shape index (κ1) is 12.2. The van der Waals surface area contributed by atoms with Crippen LogP contribution < -0.4 is 0 Å². The van der Waals surface area contributed by atoms with Crippen molar-refractivity contribution in [2.24, 2.45) is 0 Å². The highest BCUT2D eigenvalue weighted by Crippen LogP contribution is 2.35. The summed E-state index contributed by atoms with van der Waals surface area (Å²) in [5, 5.41) is 11.0. The number of phenolic OH excluding ortho intramolecular Hbond substituents is 1. The van der Waals surface area contributed by atoms with Gasteiger partial charge in [0.15, 0.2) is 0 Å². The van der Waals surface area contributed by atoms with Gasteiger partial charge < -0.3 is 5.11 Å². The summed E-state index contributed by atoms with van der Waals surface area (Å²) in [7, 11) is 0. The number of hydrogen-bond donors (Lipinski definition) is 1. The lowest BCUT2D eigenvalue weighted by Crippen LogP contribution is -1.84. The van der Waals surface area contributed by atoms with Crippen molar-refractivity contribution < 1.29 is 5.11 Å². The van der Waals surface area contributed by atoms with E-state index in [0.29, 0.717) is 5.75 Å². The molecule has 3 aromatic rings. The predicted octanol–water partition coefficient (Wildman–Crippen LogP) is 4.62. The minimum absolute atomic E-state index is 0.324. The third-order valence-corrected chi connectivity index (χ3v) is 4.19. The Morgan fingerprint density at radius 1 is 1.16 bits per heavy atom. The lowest BCUT2D eigenvalue weighted by atomic mass is 10.1. The fourth-order valence-corrected chi connectivity index (χ4v) is 3.19. The molecule has 0 atom stereocenters. The van der Waals surface area contributed by atoms with Crippen LogP contribution in [0.15, 0.2) is 42.5 Å². The second-order valence-corrected chi connectivity index (χ2v) is 5.62. The number of thiazole rings is 1. The minimum atomic E-state index is 0.324. The van der Waals surface area contributed by atoms with Crippen molar-refractivity contribution in [2.45, 2.75) is 19.8 Å². The minimum Gasteiger partial charge on any atom is -0.507 e. The number of aromatic nitrogens is 1. The van der Waals surface area contributed by atoms with Crippen LogP contribution in [0.3, 0.4) is 0 Å². The van der Waals surface area contributed by atoms with Gasteiger partial charge in [0.2, 0.25) is 0 Å². The van der Waals surface area contributed by atoms with Crippen LogP contribution in [0.1, 0.15) is 18.9 Å². The number of hydrogen-bond acceptors (Lipinski definition) is 3. The molecular formula is C16H15NOS. The Kier molecular flexibility index (Phi) is 3.22. The van der Waals surface area contributed by atoms with E-state index in [2.05, 4.69) is 24.0 Å². The molecule has 0 fully saturated rings. The first-order valence-corrected chi connectivity index (χ1v) is 7.27. The number of benzene rings is 2. The SMILES string of the molecule is CCCc1ccc(-c2nc3ccccc3s2)c(O)c1. The lowest BCUT2D eigenvalue weighted by molar-refractivity contribution is 0.476. The first-order valence-electron chi connectivity index (χ1n) is 6.46. The van der Waals surface area contributed by atoms with Crippen molar-refractivity contribution in [3.63, 3.8) is 0 Å². The largest absolute Gasteiger partial charge is 0.507 e. The molecule has 2 aromatic carbocycles. The van der Waals surface area contributed by atoms with Crippen LogP contribution in [0.2, 0.25) is 0 Å². The van der Waals surface area contributed by atoms with Crippen molar-refractivity contribution >= 4 is 21.6 Å². The zero-order valence-electron chi connectivity index (χ0n) is 10.8. The van der Waals surface area contributed by atoms with E-state index in [4.69, 9.17) is 0 Å². The van der Waals surface area contributed by atoms with E-state index in [1.54, 1.807) is 11.3 Å². The molecule has 19 heavy (non-hydrogen) atoms. The normalized spacial score (nSPS) is 11.0. The van der Waals surface area contributed by atoms with E-state index in [1.165, 1.54) is 5.56 Å². The van der Waals surface area contributed by atoms with Gasteiger partial charge in [0.05, 0.1) is 15.8 Å². The van der Waals surface area contributed by atoms with E-state index in [9.17, 15) is 5.11 Å². The third kappa shape index (κ3) is 2.34. The molecule has 0 spiro atoms. The second kappa shape index (κ2) is 5.02. The van der Waals surface area contributed by atoms with Gasteiger partial charge in [-0.2, -0.15) is 0 Å². The maximum Gasteiger partial charge on any atom is 0.128 e. The van der Waals surface area contributed by atoms with Crippen molar-refractivity contribution in [1.82, 2.24) is 4.98 Å². The monoisotopic (exact) mass is 269 g/mol. The summed E-state index contributed by atoms with van der Waals surface area (Å²) in [6, 6.07) is 13.9. The maximum absolute atomic E-state index is 10.2. The number of aryl methyl sites for hydroxylation is 1.